The van der Waals surface area contributed by atoms with Crippen LogP contribution < -0.4 is 0 Å². The number of hydrogen-bond donors (Lipinski definition) is 0. The Balaban J connectivity index is 4.40. The van der Waals surface area contributed by atoms with Gasteiger partial charge in [0.1, 0.15) is 0 Å². The van der Waals surface area contributed by atoms with Gasteiger partial charge in [0.15, 0.2) is 0 Å². The highest BCUT2D eigenvalue weighted by atomic mass is 32.9. The van der Waals surface area contributed by atoms with Gasteiger partial charge in [-0.1, -0.05) is 25.2 Å². The van der Waals surface area contributed by atoms with Crippen molar-refractivity contribution in [1.82, 2.24) is 4.90 Å². The van der Waals surface area contributed by atoms with Gasteiger partial charge < -0.3 is 13.9 Å². The summed E-state index contributed by atoms with van der Waals surface area (Å²) in [6.45, 7) is 10.6. The van der Waals surface area contributed by atoms with Crippen molar-refractivity contribution in [3.63, 3.8) is 0 Å². The van der Waals surface area contributed by atoms with Crippen molar-refractivity contribution in [2.24, 2.45) is 0 Å². The second-order valence-electron chi connectivity index (χ2n) is 3.94. The first-order valence-corrected chi connectivity index (χ1v) is 11.1. The number of hydrogen-bond acceptors (Lipinski definition) is 5. The minimum absolute atomic E-state index is 0.127. The Morgan fingerprint density at radius 3 is 1.95 bits per heavy atom. The van der Waals surface area contributed by atoms with Gasteiger partial charge in [-0.15, -0.1) is 0 Å². The van der Waals surface area contributed by atoms with Gasteiger partial charge in [0, 0.05) is 13.1 Å². The average molecular weight is 327 g/mol. The van der Waals surface area contributed by atoms with E-state index in [1.54, 1.807) is 0 Å². The molecule has 0 N–H and O–H groups in total. The van der Waals surface area contributed by atoms with E-state index >= 15 is 0 Å². The molecule has 0 bridgehead atoms. The average Bonchev–Trinajstić information content (AvgIpc) is 2.36. The first kappa shape index (κ1) is 19.4. The van der Waals surface area contributed by atoms with Crippen LogP contribution in [0.2, 0.25) is 0 Å². The standard InChI is InChI=1S/C12H26NO3PS2/c1-5-9-13(10-6-2)12(14)11-19-17(18,15-7-3)16-8-4/h5-11H2,1-4H3. The Labute approximate surface area is 126 Å². The molecule has 0 aliphatic rings. The van der Waals surface area contributed by atoms with Crippen molar-refractivity contribution in [1.29, 1.82) is 0 Å². The van der Waals surface area contributed by atoms with Crippen LogP contribution >= 0.6 is 17.1 Å². The molecule has 1 amide bonds. The van der Waals surface area contributed by atoms with Crippen LogP contribution in [0.5, 0.6) is 0 Å². The molecule has 114 valence electrons. The van der Waals surface area contributed by atoms with Crippen molar-refractivity contribution >= 4 is 34.8 Å². The largest absolute Gasteiger partial charge is 0.342 e. The van der Waals surface area contributed by atoms with Crippen molar-refractivity contribution < 1.29 is 13.8 Å². The second-order valence-corrected chi connectivity index (χ2v) is 10.2. The molecule has 0 aliphatic carbocycles. The number of carbonyl (C=O) groups is 1. The van der Waals surface area contributed by atoms with Gasteiger partial charge in [-0.05, 0) is 38.5 Å². The Hall–Kier alpha value is 0.390. The maximum atomic E-state index is 12.1. The summed E-state index contributed by atoms with van der Waals surface area (Å²) in [7, 11) is 0. The quantitative estimate of drug-likeness (QED) is 0.541. The third-order valence-corrected chi connectivity index (χ3v) is 7.65. The number of amides is 1. The van der Waals surface area contributed by atoms with E-state index in [0.717, 1.165) is 25.9 Å². The predicted octanol–water partition coefficient (Wildman–Crippen LogP) is 3.67. The van der Waals surface area contributed by atoms with Crippen molar-refractivity contribution in [2.75, 3.05) is 32.1 Å². The van der Waals surface area contributed by atoms with Crippen LogP contribution in [0, 0.1) is 0 Å². The lowest BCUT2D eigenvalue weighted by molar-refractivity contribution is -0.128. The molecule has 0 atom stereocenters. The van der Waals surface area contributed by atoms with Crippen molar-refractivity contribution in [3.05, 3.63) is 0 Å². The third kappa shape index (κ3) is 8.30. The summed E-state index contributed by atoms with van der Waals surface area (Å²) in [6.07, 6.45) is 1.95. The van der Waals surface area contributed by atoms with Gasteiger partial charge >= 0.3 is 0 Å². The van der Waals surface area contributed by atoms with E-state index in [9.17, 15) is 4.79 Å². The molecule has 0 saturated carbocycles. The Bertz CT molecular complexity index is 287. The molecule has 0 aromatic rings. The molecule has 0 aromatic carbocycles. The topological polar surface area (TPSA) is 38.8 Å². The van der Waals surface area contributed by atoms with Crippen LogP contribution in [0.4, 0.5) is 0 Å². The highest BCUT2D eigenvalue weighted by Crippen LogP contribution is 2.60. The SMILES string of the molecule is CCCN(CCC)C(=O)CSP(=S)(OCC)OCC. The molecule has 0 saturated heterocycles. The Morgan fingerprint density at radius 1 is 1.11 bits per heavy atom. The van der Waals surface area contributed by atoms with E-state index in [-0.39, 0.29) is 5.91 Å². The Morgan fingerprint density at radius 2 is 1.58 bits per heavy atom. The van der Waals surface area contributed by atoms with E-state index in [2.05, 4.69) is 13.8 Å². The van der Waals surface area contributed by atoms with Gasteiger partial charge in [0.25, 0.3) is 0 Å². The normalized spacial score (nSPS) is 11.6. The van der Waals surface area contributed by atoms with Crippen LogP contribution in [0.15, 0.2) is 0 Å². The summed E-state index contributed by atoms with van der Waals surface area (Å²) in [5.74, 6) is 0.472. The zero-order valence-corrected chi connectivity index (χ0v) is 14.9. The van der Waals surface area contributed by atoms with Crippen LogP contribution in [0.25, 0.3) is 0 Å². The zero-order valence-electron chi connectivity index (χ0n) is 12.4. The molecule has 19 heavy (non-hydrogen) atoms. The molecular weight excluding hydrogens is 301 g/mol. The molecular formula is C12H26NO3PS2. The van der Waals surface area contributed by atoms with Crippen LogP contribution in [-0.2, 0) is 25.6 Å². The number of carbonyl (C=O) groups excluding carboxylic acids is 1. The molecule has 0 heterocycles. The third-order valence-electron chi connectivity index (χ3n) is 2.26. The molecule has 0 aromatic heterocycles. The molecule has 7 heteroatoms. The first-order chi connectivity index (χ1) is 9.02. The van der Waals surface area contributed by atoms with Crippen LogP contribution in [0.1, 0.15) is 40.5 Å². The fourth-order valence-electron chi connectivity index (χ4n) is 1.55. The van der Waals surface area contributed by atoms with Gasteiger partial charge in [-0.3, -0.25) is 4.79 Å². The molecule has 4 nitrogen and oxygen atoms in total. The van der Waals surface area contributed by atoms with E-state index < -0.39 is 5.69 Å². The van der Waals surface area contributed by atoms with Crippen LogP contribution in [-0.4, -0.2) is 42.9 Å². The summed E-state index contributed by atoms with van der Waals surface area (Å²) in [5, 5.41) is 0. The fourth-order valence-corrected chi connectivity index (χ4v) is 5.85. The highest BCUT2D eigenvalue weighted by molar-refractivity contribution is 8.68. The Kier molecular flexibility index (Phi) is 11.3. The number of nitrogens with zero attached hydrogens (tertiary/aromatic N) is 1. The molecule has 0 spiro atoms. The second kappa shape index (κ2) is 11.1. The summed E-state index contributed by atoms with van der Waals surface area (Å²) in [5.41, 5.74) is -2.35. The van der Waals surface area contributed by atoms with Crippen LogP contribution in [0.3, 0.4) is 0 Å². The summed E-state index contributed by atoms with van der Waals surface area (Å²) in [6, 6.07) is 0. The molecule has 0 unspecified atom stereocenters. The van der Waals surface area contributed by atoms with Gasteiger partial charge in [0.05, 0.1) is 19.0 Å². The molecule has 0 aliphatic heterocycles. The van der Waals surface area contributed by atoms with Crippen molar-refractivity contribution in [2.45, 2.75) is 40.5 Å². The molecule has 0 fully saturated rings. The smallest absolute Gasteiger partial charge is 0.247 e. The number of rotatable bonds is 11. The molecule has 0 rings (SSSR count). The maximum absolute atomic E-state index is 12.1. The lowest BCUT2D eigenvalue weighted by atomic mass is 10.3. The lowest BCUT2D eigenvalue weighted by Crippen LogP contribution is -2.33. The summed E-state index contributed by atoms with van der Waals surface area (Å²) >= 11 is 6.74. The van der Waals surface area contributed by atoms with Gasteiger partial charge in [-0.25, -0.2) is 0 Å². The van der Waals surface area contributed by atoms with E-state index in [0.29, 0.717) is 19.0 Å². The van der Waals surface area contributed by atoms with Crippen molar-refractivity contribution in [3.8, 4) is 0 Å². The minimum atomic E-state index is -2.35. The summed E-state index contributed by atoms with van der Waals surface area (Å²) < 4.78 is 11.0. The fraction of sp³-hybridized carbons (Fsp3) is 0.917. The van der Waals surface area contributed by atoms with Gasteiger partial charge in [0.2, 0.25) is 11.6 Å². The highest BCUT2D eigenvalue weighted by Gasteiger charge is 2.22. The maximum Gasteiger partial charge on any atom is 0.247 e. The lowest BCUT2D eigenvalue weighted by Gasteiger charge is -2.24. The van der Waals surface area contributed by atoms with E-state index in [4.69, 9.17) is 20.9 Å². The predicted molar refractivity (Wildman–Crippen MR) is 87.2 cm³/mol. The first-order valence-electron chi connectivity index (χ1n) is 6.84. The summed E-state index contributed by atoms with van der Waals surface area (Å²) in [4.78, 5) is 14.0. The van der Waals surface area contributed by atoms with E-state index in [1.165, 1.54) is 11.4 Å². The molecule has 0 radical (unpaired) electrons. The zero-order chi connectivity index (χ0) is 14.7. The minimum Gasteiger partial charge on any atom is -0.342 e. The monoisotopic (exact) mass is 327 g/mol. The van der Waals surface area contributed by atoms with E-state index in [1.807, 2.05) is 18.7 Å². The van der Waals surface area contributed by atoms with Gasteiger partial charge in [-0.2, -0.15) is 0 Å².